The molecule has 0 N–H and O–H groups in total. The lowest BCUT2D eigenvalue weighted by Gasteiger charge is -2.18. The molecule has 1 atom stereocenters. The summed E-state index contributed by atoms with van der Waals surface area (Å²) in [5.41, 5.74) is 0. The van der Waals surface area contributed by atoms with E-state index in [1.54, 1.807) is 0 Å². The van der Waals surface area contributed by atoms with Gasteiger partial charge in [-0.1, -0.05) is 212 Å². The minimum Gasteiger partial charge on any atom is -0.462 e. The molecule has 0 rings (SSSR count). The molecule has 388 valence electrons. The maximum absolute atomic E-state index is 12.8. The zero-order chi connectivity index (χ0) is 50.0. The van der Waals surface area contributed by atoms with Crippen molar-refractivity contribution in [2.75, 3.05) is 13.2 Å². The first-order valence-electron chi connectivity index (χ1n) is 27.7. The van der Waals surface area contributed by atoms with Crippen LogP contribution >= 0.6 is 0 Å². The molecule has 0 aromatic heterocycles. The highest BCUT2D eigenvalue weighted by Gasteiger charge is 2.19. The van der Waals surface area contributed by atoms with Gasteiger partial charge in [-0.15, -0.1) is 0 Å². The largest absolute Gasteiger partial charge is 0.462 e. The van der Waals surface area contributed by atoms with E-state index < -0.39 is 6.10 Å². The average molecular weight is 953 g/mol. The van der Waals surface area contributed by atoms with E-state index in [0.717, 1.165) is 128 Å². The summed E-state index contributed by atoms with van der Waals surface area (Å²) in [6, 6.07) is 0. The van der Waals surface area contributed by atoms with Crippen molar-refractivity contribution in [1.82, 2.24) is 0 Å². The highest BCUT2D eigenvalue weighted by atomic mass is 16.6. The predicted octanol–water partition coefficient (Wildman–Crippen LogP) is 18.6. The third-order valence-electron chi connectivity index (χ3n) is 11.1. The van der Waals surface area contributed by atoms with Crippen LogP contribution < -0.4 is 0 Å². The summed E-state index contributed by atoms with van der Waals surface area (Å²) in [5, 5.41) is 0. The fourth-order valence-electron chi connectivity index (χ4n) is 7.03. The Hall–Kier alpha value is -4.45. The molecule has 0 fully saturated rings. The van der Waals surface area contributed by atoms with E-state index in [1.807, 2.05) is 0 Å². The van der Waals surface area contributed by atoms with Crippen LogP contribution in [0.15, 0.2) is 134 Å². The first-order valence-corrected chi connectivity index (χ1v) is 27.7. The maximum Gasteiger partial charge on any atom is 0.306 e. The van der Waals surface area contributed by atoms with Gasteiger partial charge < -0.3 is 14.2 Å². The average Bonchev–Trinajstić information content (AvgIpc) is 3.35. The van der Waals surface area contributed by atoms with Gasteiger partial charge in [-0.2, -0.15) is 0 Å². The summed E-state index contributed by atoms with van der Waals surface area (Å²) in [7, 11) is 0. The number of hydrogen-bond donors (Lipinski definition) is 0. The minimum atomic E-state index is -0.824. The zero-order valence-corrected chi connectivity index (χ0v) is 44.3. The van der Waals surface area contributed by atoms with Crippen LogP contribution in [0.3, 0.4) is 0 Å². The van der Waals surface area contributed by atoms with Crippen LogP contribution in [0.2, 0.25) is 0 Å². The van der Waals surface area contributed by atoms with Crippen molar-refractivity contribution in [3.8, 4) is 0 Å². The molecule has 0 bridgehead atoms. The molecule has 0 aliphatic rings. The monoisotopic (exact) mass is 953 g/mol. The molecule has 0 radical (unpaired) electrons. The van der Waals surface area contributed by atoms with E-state index in [9.17, 15) is 14.4 Å². The molecular formula is C63H100O6. The molecule has 0 amide bonds. The number of esters is 3. The quantitative estimate of drug-likeness (QED) is 0.0262. The number of carbonyl (C=O) groups excluding carboxylic acids is 3. The Morgan fingerprint density at radius 3 is 0.971 bits per heavy atom. The lowest BCUT2D eigenvalue weighted by atomic mass is 10.1. The van der Waals surface area contributed by atoms with E-state index in [-0.39, 0.29) is 37.5 Å². The Balaban J connectivity index is 4.57. The molecule has 0 spiro atoms. The van der Waals surface area contributed by atoms with Crippen molar-refractivity contribution in [1.29, 1.82) is 0 Å². The molecule has 0 saturated carbocycles. The second kappa shape index (κ2) is 56.1. The van der Waals surface area contributed by atoms with Crippen molar-refractivity contribution in [3.63, 3.8) is 0 Å². The maximum atomic E-state index is 12.8. The van der Waals surface area contributed by atoms with Crippen LogP contribution in [0, 0.1) is 0 Å². The summed E-state index contributed by atoms with van der Waals surface area (Å²) in [6.45, 7) is 6.31. The number of allylic oxidation sites excluding steroid dienone is 22. The van der Waals surface area contributed by atoms with Crippen LogP contribution in [-0.4, -0.2) is 37.2 Å². The molecule has 6 heteroatoms. The van der Waals surface area contributed by atoms with Crippen molar-refractivity contribution in [3.05, 3.63) is 134 Å². The standard InChI is InChI=1S/C63H100O6/c1-4-7-10-13-16-19-22-25-28-30-31-33-36-38-41-44-47-50-53-56-62(65)68-59-60(69-63(66)57-54-51-48-45-42-39-34-27-24-21-18-15-12-9-6-3)58-67-61(64)55-52-49-46-43-40-37-35-32-29-26-23-20-17-14-11-8-5-2/h7-8,10-11,16-17,19-20,25-29,31,33-35,37-38,41,43,46,60H,4-6,9,12-15,18,21-24,30,32,36,39-40,42,44-45,47-59H2,1-3H3/t60-/m1/s1. The molecule has 0 unspecified atom stereocenters. The molecular weight excluding hydrogens is 853 g/mol. The summed E-state index contributed by atoms with van der Waals surface area (Å²) >= 11 is 0. The Bertz CT molecular complexity index is 1510. The van der Waals surface area contributed by atoms with Gasteiger partial charge in [-0.3, -0.25) is 14.4 Å². The van der Waals surface area contributed by atoms with E-state index in [0.29, 0.717) is 19.3 Å². The fraction of sp³-hybridized carbons (Fsp3) is 0.603. The van der Waals surface area contributed by atoms with Gasteiger partial charge in [0, 0.05) is 19.3 Å². The molecule has 0 aliphatic carbocycles. The Kier molecular flexibility index (Phi) is 52.5. The highest BCUT2D eigenvalue weighted by Crippen LogP contribution is 2.13. The van der Waals surface area contributed by atoms with Gasteiger partial charge in [-0.05, 0) is 128 Å². The van der Waals surface area contributed by atoms with Gasteiger partial charge in [0.1, 0.15) is 13.2 Å². The Morgan fingerprint density at radius 2 is 0.580 bits per heavy atom. The van der Waals surface area contributed by atoms with Crippen LogP contribution in [0.25, 0.3) is 0 Å². The Morgan fingerprint density at radius 1 is 0.304 bits per heavy atom. The fourth-order valence-corrected chi connectivity index (χ4v) is 7.03. The normalized spacial score (nSPS) is 13.1. The number of rotatable bonds is 48. The van der Waals surface area contributed by atoms with Crippen molar-refractivity contribution < 1.29 is 28.6 Å². The van der Waals surface area contributed by atoms with Gasteiger partial charge in [-0.25, -0.2) is 0 Å². The first-order chi connectivity index (χ1) is 34.0. The van der Waals surface area contributed by atoms with Crippen molar-refractivity contribution in [2.45, 2.75) is 232 Å². The third kappa shape index (κ3) is 54.4. The van der Waals surface area contributed by atoms with E-state index in [1.165, 1.54) is 51.4 Å². The van der Waals surface area contributed by atoms with Gasteiger partial charge in [0.25, 0.3) is 0 Å². The van der Waals surface area contributed by atoms with E-state index in [4.69, 9.17) is 14.2 Å². The summed E-state index contributed by atoms with van der Waals surface area (Å²) in [6.07, 6.45) is 78.7. The minimum absolute atomic E-state index is 0.121. The topological polar surface area (TPSA) is 78.9 Å². The molecule has 0 saturated heterocycles. The van der Waals surface area contributed by atoms with Crippen LogP contribution in [0.5, 0.6) is 0 Å². The van der Waals surface area contributed by atoms with Crippen LogP contribution in [0.1, 0.15) is 226 Å². The zero-order valence-electron chi connectivity index (χ0n) is 44.3. The van der Waals surface area contributed by atoms with Gasteiger partial charge >= 0.3 is 17.9 Å². The number of ether oxygens (including phenoxy) is 3. The molecule has 0 aromatic rings. The SMILES string of the molecule is CCC=CCC=CCC=CCC=CCC=CCCCCCC(=O)OC[C@@H](COC(=O)CCCC=CCC=CCC=CCC=CCC=CCC)OC(=O)CCCCCCCC=CCCCCCCCC. The van der Waals surface area contributed by atoms with Crippen LogP contribution in [-0.2, 0) is 28.6 Å². The molecule has 69 heavy (non-hydrogen) atoms. The molecule has 0 aliphatic heterocycles. The first kappa shape index (κ1) is 64.5. The second-order valence-electron chi connectivity index (χ2n) is 17.7. The number of carbonyl (C=O) groups is 3. The number of hydrogen-bond acceptors (Lipinski definition) is 6. The van der Waals surface area contributed by atoms with Crippen LogP contribution in [0.4, 0.5) is 0 Å². The third-order valence-corrected chi connectivity index (χ3v) is 11.1. The lowest BCUT2D eigenvalue weighted by molar-refractivity contribution is -0.167. The van der Waals surface area contributed by atoms with Crippen molar-refractivity contribution >= 4 is 17.9 Å². The summed E-state index contributed by atoms with van der Waals surface area (Å²) < 4.78 is 16.8. The van der Waals surface area contributed by atoms with Gasteiger partial charge in [0.2, 0.25) is 0 Å². The molecule has 0 aromatic carbocycles. The van der Waals surface area contributed by atoms with Gasteiger partial charge in [0.15, 0.2) is 6.10 Å². The highest BCUT2D eigenvalue weighted by molar-refractivity contribution is 5.71. The molecule has 6 nitrogen and oxygen atoms in total. The Labute approximate surface area is 424 Å². The number of unbranched alkanes of at least 4 members (excludes halogenated alkanes) is 15. The van der Waals surface area contributed by atoms with E-state index >= 15 is 0 Å². The predicted molar refractivity (Wildman–Crippen MR) is 297 cm³/mol. The lowest BCUT2D eigenvalue weighted by Crippen LogP contribution is -2.30. The summed E-state index contributed by atoms with van der Waals surface area (Å²) in [5.74, 6) is -1.02. The van der Waals surface area contributed by atoms with Gasteiger partial charge in [0.05, 0.1) is 0 Å². The van der Waals surface area contributed by atoms with Crippen molar-refractivity contribution in [2.24, 2.45) is 0 Å². The van der Waals surface area contributed by atoms with E-state index in [2.05, 4.69) is 154 Å². The smallest absolute Gasteiger partial charge is 0.306 e. The second-order valence-corrected chi connectivity index (χ2v) is 17.7. The molecule has 0 heterocycles. The summed E-state index contributed by atoms with van der Waals surface area (Å²) in [4.78, 5) is 38.1.